The molecule has 0 aromatic rings. The lowest BCUT2D eigenvalue weighted by molar-refractivity contribution is -0.0170. The van der Waals surface area contributed by atoms with Gasteiger partial charge in [0, 0.05) is 5.92 Å². The second kappa shape index (κ2) is 2.86. The molecule has 0 bridgehead atoms. The van der Waals surface area contributed by atoms with Gasteiger partial charge in [-0.2, -0.15) is 0 Å². The van der Waals surface area contributed by atoms with Crippen LogP contribution in [0.5, 0.6) is 0 Å². The Morgan fingerprint density at radius 1 is 1.40 bits per heavy atom. The Morgan fingerprint density at radius 3 is 2.20 bits per heavy atom. The standard InChI is InChI=1S/C7H14O3/c1-4-5(2)10-6(3-8)7(4)9/h4-9H,3H2,1-2H3. The molecule has 3 heteroatoms. The van der Waals surface area contributed by atoms with Crippen LogP contribution in [0.3, 0.4) is 0 Å². The van der Waals surface area contributed by atoms with E-state index in [2.05, 4.69) is 0 Å². The third-order valence-electron chi connectivity index (χ3n) is 2.23. The van der Waals surface area contributed by atoms with Gasteiger partial charge in [-0.25, -0.2) is 0 Å². The lowest BCUT2D eigenvalue weighted by Gasteiger charge is -2.11. The van der Waals surface area contributed by atoms with Crippen molar-refractivity contribution in [2.45, 2.75) is 32.2 Å². The van der Waals surface area contributed by atoms with E-state index >= 15 is 0 Å². The molecule has 3 nitrogen and oxygen atoms in total. The zero-order valence-corrected chi connectivity index (χ0v) is 6.32. The SMILES string of the molecule is CC1OC(CO)C(O)C1C. The number of aliphatic hydroxyl groups is 2. The molecule has 1 saturated heterocycles. The fraction of sp³-hybridized carbons (Fsp3) is 1.00. The van der Waals surface area contributed by atoms with Gasteiger partial charge in [0.25, 0.3) is 0 Å². The molecule has 1 rings (SSSR count). The van der Waals surface area contributed by atoms with Crippen LogP contribution < -0.4 is 0 Å². The Morgan fingerprint density at radius 2 is 2.00 bits per heavy atom. The molecule has 0 aliphatic carbocycles. The molecule has 0 aromatic heterocycles. The Kier molecular flexibility index (Phi) is 2.28. The minimum absolute atomic E-state index is 0.0622. The van der Waals surface area contributed by atoms with E-state index in [0.717, 1.165) is 0 Å². The predicted octanol–water partition coefficient (Wildman–Crippen LogP) is -0.237. The van der Waals surface area contributed by atoms with Gasteiger partial charge in [-0.05, 0) is 6.92 Å². The molecule has 4 unspecified atom stereocenters. The number of hydrogen-bond donors (Lipinski definition) is 2. The van der Waals surface area contributed by atoms with Crippen LogP contribution >= 0.6 is 0 Å². The first-order valence-electron chi connectivity index (χ1n) is 3.61. The quantitative estimate of drug-likeness (QED) is 0.537. The predicted molar refractivity (Wildman–Crippen MR) is 36.6 cm³/mol. The van der Waals surface area contributed by atoms with E-state index in [1.807, 2.05) is 13.8 Å². The van der Waals surface area contributed by atoms with Crippen LogP contribution in [0.25, 0.3) is 0 Å². The zero-order valence-electron chi connectivity index (χ0n) is 6.32. The monoisotopic (exact) mass is 146 g/mol. The normalized spacial score (nSPS) is 48.0. The lowest BCUT2D eigenvalue weighted by atomic mass is 10.00. The van der Waals surface area contributed by atoms with Crippen molar-refractivity contribution >= 4 is 0 Å². The summed E-state index contributed by atoms with van der Waals surface area (Å²) in [6.07, 6.45) is -0.808. The molecule has 1 fully saturated rings. The van der Waals surface area contributed by atoms with Gasteiger partial charge in [0.2, 0.25) is 0 Å². The Bertz CT molecular complexity index is 115. The van der Waals surface area contributed by atoms with Crippen LogP contribution in [0.4, 0.5) is 0 Å². The topological polar surface area (TPSA) is 49.7 Å². The van der Waals surface area contributed by atoms with E-state index in [-0.39, 0.29) is 24.7 Å². The maximum absolute atomic E-state index is 9.34. The molecule has 60 valence electrons. The molecular weight excluding hydrogens is 132 g/mol. The van der Waals surface area contributed by atoms with Gasteiger partial charge in [0.15, 0.2) is 0 Å². The van der Waals surface area contributed by atoms with Crippen molar-refractivity contribution < 1.29 is 14.9 Å². The fourth-order valence-corrected chi connectivity index (χ4v) is 1.25. The molecule has 0 saturated carbocycles. The van der Waals surface area contributed by atoms with Crippen LogP contribution in [-0.4, -0.2) is 35.1 Å². The van der Waals surface area contributed by atoms with Crippen molar-refractivity contribution in [1.29, 1.82) is 0 Å². The van der Waals surface area contributed by atoms with Crippen molar-refractivity contribution in [1.82, 2.24) is 0 Å². The van der Waals surface area contributed by atoms with Gasteiger partial charge in [-0.15, -0.1) is 0 Å². The Hall–Kier alpha value is -0.120. The summed E-state index contributed by atoms with van der Waals surface area (Å²) in [4.78, 5) is 0. The second-order valence-corrected chi connectivity index (χ2v) is 2.91. The van der Waals surface area contributed by atoms with E-state index in [1.54, 1.807) is 0 Å². The van der Waals surface area contributed by atoms with Crippen molar-refractivity contribution in [2.24, 2.45) is 5.92 Å². The van der Waals surface area contributed by atoms with Gasteiger partial charge in [-0.1, -0.05) is 6.92 Å². The minimum Gasteiger partial charge on any atom is -0.394 e. The van der Waals surface area contributed by atoms with E-state index in [1.165, 1.54) is 0 Å². The second-order valence-electron chi connectivity index (χ2n) is 2.91. The lowest BCUT2D eigenvalue weighted by Crippen LogP contribution is -2.28. The average Bonchev–Trinajstić information content (AvgIpc) is 2.17. The molecule has 10 heavy (non-hydrogen) atoms. The van der Waals surface area contributed by atoms with Gasteiger partial charge in [0.1, 0.15) is 6.10 Å². The summed E-state index contributed by atoms with van der Waals surface area (Å²) in [5.74, 6) is 0.136. The number of aliphatic hydroxyl groups excluding tert-OH is 2. The Labute approximate surface area is 60.6 Å². The van der Waals surface area contributed by atoms with Crippen molar-refractivity contribution in [2.75, 3.05) is 6.61 Å². The smallest absolute Gasteiger partial charge is 0.107 e. The van der Waals surface area contributed by atoms with Gasteiger partial charge in [-0.3, -0.25) is 0 Å². The van der Waals surface area contributed by atoms with E-state index < -0.39 is 6.10 Å². The highest BCUT2D eigenvalue weighted by atomic mass is 16.5. The molecule has 2 N–H and O–H groups in total. The number of rotatable bonds is 1. The summed E-state index contributed by atoms with van der Waals surface area (Å²) in [5, 5.41) is 18.0. The maximum Gasteiger partial charge on any atom is 0.107 e. The molecule has 1 heterocycles. The third kappa shape index (κ3) is 1.17. The van der Waals surface area contributed by atoms with Crippen LogP contribution in [0.2, 0.25) is 0 Å². The summed E-state index contributed by atoms with van der Waals surface area (Å²) in [5.41, 5.74) is 0. The van der Waals surface area contributed by atoms with Gasteiger partial charge in [0.05, 0.1) is 18.8 Å². The van der Waals surface area contributed by atoms with Gasteiger partial charge >= 0.3 is 0 Å². The fourth-order valence-electron chi connectivity index (χ4n) is 1.25. The van der Waals surface area contributed by atoms with Gasteiger partial charge < -0.3 is 14.9 Å². The Balaban J connectivity index is 2.53. The van der Waals surface area contributed by atoms with Crippen LogP contribution in [-0.2, 0) is 4.74 Å². The van der Waals surface area contributed by atoms with E-state index in [0.29, 0.717) is 0 Å². The zero-order chi connectivity index (χ0) is 7.72. The highest BCUT2D eigenvalue weighted by Crippen LogP contribution is 2.25. The van der Waals surface area contributed by atoms with Crippen molar-refractivity contribution in [3.05, 3.63) is 0 Å². The summed E-state index contributed by atoms with van der Waals surface area (Å²) in [6, 6.07) is 0. The van der Waals surface area contributed by atoms with Crippen molar-refractivity contribution in [3.8, 4) is 0 Å². The van der Waals surface area contributed by atoms with Crippen LogP contribution in [0, 0.1) is 5.92 Å². The summed E-state index contributed by atoms with van der Waals surface area (Å²) in [7, 11) is 0. The molecule has 4 atom stereocenters. The van der Waals surface area contributed by atoms with E-state index in [9.17, 15) is 5.11 Å². The largest absolute Gasteiger partial charge is 0.394 e. The first kappa shape index (κ1) is 7.98. The number of ether oxygens (including phenoxy) is 1. The molecular formula is C7H14O3. The van der Waals surface area contributed by atoms with Crippen LogP contribution in [0.15, 0.2) is 0 Å². The number of hydrogen-bond acceptors (Lipinski definition) is 3. The summed E-state index contributed by atoms with van der Waals surface area (Å²) in [6.45, 7) is 3.74. The molecule has 1 aliphatic heterocycles. The first-order chi connectivity index (χ1) is 4.66. The summed E-state index contributed by atoms with van der Waals surface area (Å²) >= 11 is 0. The van der Waals surface area contributed by atoms with Crippen LogP contribution in [0.1, 0.15) is 13.8 Å². The first-order valence-corrected chi connectivity index (χ1v) is 3.61. The molecule has 1 aliphatic rings. The minimum atomic E-state index is -0.500. The maximum atomic E-state index is 9.34. The van der Waals surface area contributed by atoms with Crippen molar-refractivity contribution in [3.63, 3.8) is 0 Å². The highest BCUT2D eigenvalue weighted by Gasteiger charge is 2.37. The molecule has 0 radical (unpaired) electrons. The summed E-state index contributed by atoms with van der Waals surface area (Å²) < 4.78 is 5.23. The highest BCUT2D eigenvalue weighted by molar-refractivity contribution is 4.85. The molecule has 0 aromatic carbocycles. The molecule has 0 amide bonds. The average molecular weight is 146 g/mol. The third-order valence-corrected chi connectivity index (χ3v) is 2.23. The van der Waals surface area contributed by atoms with E-state index in [4.69, 9.17) is 9.84 Å². The molecule has 0 spiro atoms.